The topological polar surface area (TPSA) is 52.6 Å². The molecule has 1 aromatic heterocycles. The van der Waals surface area contributed by atoms with Crippen LogP contribution in [-0.4, -0.2) is 48.8 Å². The first-order valence-electron chi connectivity index (χ1n) is 10.9. The van der Waals surface area contributed by atoms with Crippen LogP contribution in [0, 0.1) is 13.8 Å². The summed E-state index contributed by atoms with van der Waals surface area (Å²) >= 11 is 0. The van der Waals surface area contributed by atoms with Crippen molar-refractivity contribution in [3.8, 4) is 0 Å². The fourth-order valence-corrected chi connectivity index (χ4v) is 4.55. The van der Waals surface area contributed by atoms with E-state index in [2.05, 4.69) is 58.1 Å². The van der Waals surface area contributed by atoms with Gasteiger partial charge in [0, 0.05) is 44.1 Å². The summed E-state index contributed by atoms with van der Waals surface area (Å²) in [5.74, 6) is 0.753. The van der Waals surface area contributed by atoms with Gasteiger partial charge in [-0.2, -0.15) is 0 Å². The first kappa shape index (κ1) is 19.5. The molecule has 0 unspecified atom stereocenters. The summed E-state index contributed by atoms with van der Waals surface area (Å²) in [6.45, 7) is 8.70. The van der Waals surface area contributed by atoms with Crippen LogP contribution in [0.1, 0.15) is 27.2 Å². The maximum atomic E-state index is 13.0. The van der Waals surface area contributed by atoms with E-state index in [-0.39, 0.29) is 5.91 Å². The third-order valence-corrected chi connectivity index (χ3v) is 6.52. The number of carbonyl (C=O) groups is 1. The van der Waals surface area contributed by atoms with Gasteiger partial charge in [0.05, 0.1) is 0 Å². The summed E-state index contributed by atoms with van der Waals surface area (Å²) in [5.41, 5.74) is 6.59. The van der Waals surface area contributed by atoms with Crippen molar-refractivity contribution in [2.24, 2.45) is 0 Å². The van der Waals surface area contributed by atoms with Crippen LogP contribution in [0.25, 0.3) is 0 Å². The van der Waals surface area contributed by atoms with E-state index in [9.17, 15) is 4.79 Å². The molecule has 1 amide bonds. The molecule has 6 nitrogen and oxygen atoms in total. The van der Waals surface area contributed by atoms with Crippen molar-refractivity contribution >= 4 is 23.1 Å². The van der Waals surface area contributed by atoms with E-state index in [1.54, 1.807) is 0 Å². The van der Waals surface area contributed by atoms with Crippen LogP contribution in [0.5, 0.6) is 0 Å². The number of amides is 1. The zero-order chi connectivity index (χ0) is 21.4. The Morgan fingerprint density at radius 3 is 2.29 bits per heavy atom. The monoisotopic (exact) mass is 413 g/mol. The Bertz CT molecular complexity index is 1100. The van der Waals surface area contributed by atoms with Crippen molar-refractivity contribution in [1.29, 1.82) is 0 Å². The molecule has 0 N–H and O–H groups in total. The Labute approximate surface area is 183 Å². The Hall–Kier alpha value is -3.41. The molecular formula is C25H27N5O. The predicted molar refractivity (Wildman–Crippen MR) is 124 cm³/mol. The number of hydrogen-bond donors (Lipinski definition) is 0. The zero-order valence-electron chi connectivity index (χ0n) is 18.1. The van der Waals surface area contributed by atoms with Gasteiger partial charge < -0.3 is 14.7 Å². The molecule has 0 atom stereocenters. The number of para-hydroxylation sites is 1. The van der Waals surface area contributed by atoms with E-state index in [0.717, 1.165) is 44.1 Å². The molecule has 1 saturated heterocycles. The lowest BCUT2D eigenvalue weighted by molar-refractivity contribution is 0.0983. The molecule has 0 bridgehead atoms. The molecule has 0 aliphatic carbocycles. The van der Waals surface area contributed by atoms with Gasteiger partial charge in [-0.25, -0.2) is 0 Å². The van der Waals surface area contributed by atoms with Crippen molar-refractivity contribution in [2.45, 2.75) is 20.3 Å². The molecule has 0 spiro atoms. The highest BCUT2D eigenvalue weighted by atomic mass is 16.2. The molecule has 2 aliphatic rings. The average Bonchev–Trinajstić information content (AvgIpc) is 3.25. The van der Waals surface area contributed by atoms with Crippen molar-refractivity contribution in [3.63, 3.8) is 0 Å². The van der Waals surface area contributed by atoms with Gasteiger partial charge in [0.25, 0.3) is 5.91 Å². The number of carbonyl (C=O) groups excluding carboxylic acids is 1. The number of rotatable bonds is 3. The molecule has 2 aliphatic heterocycles. The number of hydrogen-bond acceptors (Lipinski definition) is 5. The molecule has 5 rings (SSSR count). The largest absolute Gasteiger partial charge is 0.368 e. The van der Waals surface area contributed by atoms with Crippen LogP contribution in [0.2, 0.25) is 0 Å². The molecule has 2 aromatic carbocycles. The van der Waals surface area contributed by atoms with Crippen LogP contribution >= 0.6 is 0 Å². The number of nitrogens with zero attached hydrogens (tertiary/aromatic N) is 5. The van der Waals surface area contributed by atoms with Crippen molar-refractivity contribution < 1.29 is 4.79 Å². The highest BCUT2D eigenvalue weighted by Gasteiger charge is 2.27. The number of benzene rings is 2. The van der Waals surface area contributed by atoms with Gasteiger partial charge in [-0.15, -0.1) is 10.2 Å². The maximum Gasteiger partial charge on any atom is 0.278 e. The van der Waals surface area contributed by atoms with E-state index in [4.69, 9.17) is 0 Å². The number of aromatic nitrogens is 2. The quantitative estimate of drug-likeness (QED) is 0.656. The number of fused-ring (bicyclic) bond motifs is 1. The van der Waals surface area contributed by atoms with Crippen LogP contribution in [0.4, 0.5) is 17.2 Å². The normalized spacial score (nSPS) is 15.9. The van der Waals surface area contributed by atoms with Gasteiger partial charge in [-0.3, -0.25) is 4.79 Å². The fraction of sp³-hybridized carbons (Fsp3) is 0.320. The first-order valence-corrected chi connectivity index (χ1v) is 10.9. The molecule has 1 fully saturated rings. The molecule has 3 heterocycles. The van der Waals surface area contributed by atoms with Crippen LogP contribution in [0.3, 0.4) is 0 Å². The average molecular weight is 414 g/mol. The Morgan fingerprint density at radius 1 is 0.774 bits per heavy atom. The van der Waals surface area contributed by atoms with E-state index in [1.807, 2.05) is 35.2 Å². The van der Waals surface area contributed by atoms with Crippen molar-refractivity contribution in [1.82, 2.24) is 10.2 Å². The summed E-state index contributed by atoms with van der Waals surface area (Å²) in [4.78, 5) is 19.5. The van der Waals surface area contributed by atoms with E-state index in [0.29, 0.717) is 12.2 Å². The first-order chi connectivity index (χ1) is 15.1. The highest BCUT2D eigenvalue weighted by Crippen LogP contribution is 2.29. The lowest BCUT2D eigenvalue weighted by Crippen LogP contribution is -2.47. The summed E-state index contributed by atoms with van der Waals surface area (Å²) < 4.78 is 0. The Morgan fingerprint density at radius 2 is 1.52 bits per heavy atom. The van der Waals surface area contributed by atoms with E-state index >= 15 is 0 Å². The molecule has 0 saturated carbocycles. The SMILES string of the molecule is Cc1cccc(N2CCN(c3ccc(C(=O)N4CCc5ccccc54)nn3)CC2)c1C. The zero-order valence-corrected chi connectivity index (χ0v) is 18.1. The second kappa shape index (κ2) is 8.02. The second-order valence-electron chi connectivity index (χ2n) is 8.31. The van der Waals surface area contributed by atoms with Gasteiger partial charge in [0.2, 0.25) is 0 Å². The minimum Gasteiger partial charge on any atom is -0.368 e. The third-order valence-electron chi connectivity index (χ3n) is 6.52. The Balaban J connectivity index is 1.25. The summed E-state index contributed by atoms with van der Waals surface area (Å²) in [6.07, 6.45) is 0.887. The van der Waals surface area contributed by atoms with Gasteiger partial charge >= 0.3 is 0 Å². The minimum absolute atomic E-state index is 0.0799. The minimum atomic E-state index is -0.0799. The third kappa shape index (κ3) is 3.63. The van der Waals surface area contributed by atoms with Crippen LogP contribution in [0.15, 0.2) is 54.6 Å². The molecule has 3 aromatic rings. The molecular weight excluding hydrogens is 386 g/mol. The number of anilines is 3. The summed E-state index contributed by atoms with van der Waals surface area (Å²) in [6, 6.07) is 18.3. The van der Waals surface area contributed by atoms with Gasteiger partial charge in [0.1, 0.15) is 0 Å². The van der Waals surface area contributed by atoms with Crippen molar-refractivity contribution in [2.75, 3.05) is 47.4 Å². The van der Waals surface area contributed by atoms with E-state index < -0.39 is 0 Å². The molecule has 6 heteroatoms. The lowest BCUT2D eigenvalue weighted by Gasteiger charge is -2.37. The van der Waals surface area contributed by atoms with Crippen molar-refractivity contribution in [3.05, 3.63) is 77.0 Å². The van der Waals surface area contributed by atoms with Gasteiger partial charge in [-0.1, -0.05) is 30.3 Å². The maximum absolute atomic E-state index is 13.0. The highest BCUT2D eigenvalue weighted by molar-refractivity contribution is 6.06. The van der Waals surface area contributed by atoms with E-state index in [1.165, 1.54) is 22.4 Å². The van der Waals surface area contributed by atoms with Crippen LogP contribution in [-0.2, 0) is 6.42 Å². The fourth-order valence-electron chi connectivity index (χ4n) is 4.55. The molecule has 0 radical (unpaired) electrons. The smallest absolute Gasteiger partial charge is 0.278 e. The van der Waals surface area contributed by atoms with Gasteiger partial charge in [-0.05, 0) is 61.2 Å². The standard InChI is InChI=1S/C25H27N5O/c1-18-6-5-9-22(19(18)2)28-14-16-29(17-15-28)24-11-10-21(26-27-24)25(31)30-13-12-20-7-3-4-8-23(20)30/h3-11H,12-17H2,1-2H3. The van der Waals surface area contributed by atoms with Crippen LogP contribution < -0.4 is 14.7 Å². The number of piperazine rings is 1. The number of aryl methyl sites for hydroxylation is 1. The second-order valence-corrected chi connectivity index (χ2v) is 8.31. The molecule has 158 valence electrons. The summed E-state index contributed by atoms with van der Waals surface area (Å²) in [7, 11) is 0. The molecule has 31 heavy (non-hydrogen) atoms. The van der Waals surface area contributed by atoms with Gasteiger partial charge in [0.15, 0.2) is 11.5 Å². The predicted octanol–water partition coefficient (Wildman–Crippen LogP) is 3.62. The lowest BCUT2D eigenvalue weighted by atomic mass is 10.1. The Kier molecular flexibility index (Phi) is 5.06. The summed E-state index contributed by atoms with van der Waals surface area (Å²) in [5, 5.41) is 8.67.